The summed E-state index contributed by atoms with van der Waals surface area (Å²) in [6.45, 7) is 0. The number of halogens is 1. The molecule has 0 bridgehead atoms. The number of anilines is 1. The fraction of sp³-hybridized carbons (Fsp3) is 0.462. The Labute approximate surface area is 107 Å². The second-order valence-electron chi connectivity index (χ2n) is 4.50. The minimum Gasteiger partial charge on any atom is -0.380 e. The Morgan fingerprint density at radius 1 is 1.35 bits per heavy atom. The maximum absolute atomic E-state index is 9.06. The molecule has 4 heteroatoms. The Bertz CT molecular complexity index is 439. The molecule has 0 aliphatic heterocycles. The maximum Gasteiger partial charge on any atom is 0.101 e. The van der Waals surface area contributed by atoms with Gasteiger partial charge in [-0.05, 0) is 31.0 Å². The van der Waals surface area contributed by atoms with Crippen LogP contribution in [0.1, 0.15) is 31.2 Å². The number of rotatable bonds is 2. The number of nitrogens with zero attached hydrogens (tertiary/aromatic N) is 1. The van der Waals surface area contributed by atoms with Gasteiger partial charge in [0.25, 0.3) is 0 Å². The van der Waals surface area contributed by atoms with Gasteiger partial charge in [-0.25, -0.2) is 0 Å². The molecule has 0 heterocycles. The van der Waals surface area contributed by atoms with Crippen LogP contribution in [0.4, 0.5) is 5.69 Å². The van der Waals surface area contributed by atoms with Crippen molar-refractivity contribution in [2.45, 2.75) is 37.8 Å². The van der Waals surface area contributed by atoms with Crippen molar-refractivity contribution < 1.29 is 0 Å². The molecule has 0 radical (unpaired) electrons. The molecule has 2 unspecified atom stereocenters. The Hall–Kier alpha value is -1.24. The van der Waals surface area contributed by atoms with Crippen LogP contribution in [0.3, 0.4) is 0 Å². The van der Waals surface area contributed by atoms with Crippen LogP contribution in [-0.4, -0.2) is 12.1 Å². The van der Waals surface area contributed by atoms with Crippen LogP contribution in [0.25, 0.3) is 0 Å². The van der Waals surface area contributed by atoms with Crippen LogP contribution in [0, 0.1) is 11.3 Å². The molecule has 0 aromatic heterocycles. The number of hydrogen-bond acceptors (Lipinski definition) is 3. The van der Waals surface area contributed by atoms with Crippen molar-refractivity contribution >= 4 is 17.3 Å². The third-order valence-corrected chi connectivity index (χ3v) is 3.50. The van der Waals surface area contributed by atoms with E-state index in [0.717, 1.165) is 18.5 Å². The number of nitriles is 1. The zero-order valence-electron chi connectivity index (χ0n) is 9.62. The fourth-order valence-corrected chi connectivity index (χ4v) is 2.45. The third kappa shape index (κ3) is 2.91. The Morgan fingerprint density at radius 3 is 2.82 bits per heavy atom. The monoisotopic (exact) mass is 249 g/mol. The van der Waals surface area contributed by atoms with Crippen molar-refractivity contribution in [2.24, 2.45) is 5.73 Å². The Kier molecular flexibility index (Phi) is 3.88. The summed E-state index contributed by atoms with van der Waals surface area (Å²) in [5.74, 6) is 0. The van der Waals surface area contributed by atoms with E-state index in [-0.39, 0.29) is 12.1 Å². The first-order valence-corrected chi connectivity index (χ1v) is 6.30. The normalized spacial score (nSPS) is 24.1. The standard InChI is InChI=1S/C13H16ClN3/c14-10-5-6-12(9(7-10)8-15)17-13-4-2-1-3-11(13)16/h5-7,11,13,17H,1-4,16H2. The summed E-state index contributed by atoms with van der Waals surface area (Å²) in [7, 11) is 0. The highest BCUT2D eigenvalue weighted by Gasteiger charge is 2.22. The number of benzene rings is 1. The molecule has 1 aromatic rings. The van der Waals surface area contributed by atoms with Gasteiger partial charge in [0.15, 0.2) is 0 Å². The summed E-state index contributed by atoms with van der Waals surface area (Å²) in [6, 6.07) is 7.91. The second-order valence-corrected chi connectivity index (χ2v) is 4.94. The predicted octanol–water partition coefficient (Wildman–Crippen LogP) is 2.89. The van der Waals surface area contributed by atoms with E-state index in [0.29, 0.717) is 10.6 Å². The number of nitrogens with one attached hydrogen (secondary N) is 1. The lowest BCUT2D eigenvalue weighted by molar-refractivity contribution is 0.404. The van der Waals surface area contributed by atoms with E-state index in [1.807, 2.05) is 6.07 Å². The van der Waals surface area contributed by atoms with Crippen LogP contribution in [0.5, 0.6) is 0 Å². The average molecular weight is 250 g/mol. The highest BCUT2D eigenvalue weighted by atomic mass is 35.5. The van der Waals surface area contributed by atoms with Crippen molar-refractivity contribution in [1.82, 2.24) is 0 Å². The van der Waals surface area contributed by atoms with Gasteiger partial charge in [-0.3, -0.25) is 0 Å². The first kappa shape index (κ1) is 12.2. The smallest absolute Gasteiger partial charge is 0.101 e. The SMILES string of the molecule is N#Cc1cc(Cl)ccc1NC1CCCCC1N. The Balaban J connectivity index is 2.15. The van der Waals surface area contributed by atoms with Crippen molar-refractivity contribution in [3.63, 3.8) is 0 Å². The Morgan fingerprint density at radius 2 is 2.12 bits per heavy atom. The summed E-state index contributed by atoms with van der Waals surface area (Å²) < 4.78 is 0. The highest BCUT2D eigenvalue weighted by Crippen LogP contribution is 2.25. The van der Waals surface area contributed by atoms with E-state index in [1.165, 1.54) is 12.8 Å². The molecule has 2 atom stereocenters. The molecule has 1 saturated carbocycles. The molecular formula is C13H16ClN3. The van der Waals surface area contributed by atoms with E-state index in [1.54, 1.807) is 12.1 Å². The molecule has 3 nitrogen and oxygen atoms in total. The fourth-order valence-electron chi connectivity index (χ4n) is 2.27. The quantitative estimate of drug-likeness (QED) is 0.847. The lowest BCUT2D eigenvalue weighted by Gasteiger charge is -2.30. The van der Waals surface area contributed by atoms with Gasteiger partial charge in [0.2, 0.25) is 0 Å². The molecule has 1 aromatic carbocycles. The van der Waals surface area contributed by atoms with Crippen LogP contribution in [0.2, 0.25) is 5.02 Å². The van der Waals surface area contributed by atoms with Gasteiger partial charge in [0.05, 0.1) is 11.3 Å². The molecule has 0 amide bonds. The van der Waals surface area contributed by atoms with E-state index in [4.69, 9.17) is 22.6 Å². The summed E-state index contributed by atoms with van der Waals surface area (Å²) in [5.41, 5.74) is 7.49. The van der Waals surface area contributed by atoms with E-state index >= 15 is 0 Å². The molecule has 3 N–H and O–H groups in total. The summed E-state index contributed by atoms with van der Waals surface area (Å²) in [6.07, 6.45) is 4.51. The largest absolute Gasteiger partial charge is 0.380 e. The molecular weight excluding hydrogens is 234 g/mol. The lowest BCUT2D eigenvalue weighted by Crippen LogP contribution is -2.42. The highest BCUT2D eigenvalue weighted by molar-refractivity contribution is 6.30. The maximum atomic E-state index is 9.06. The molecule has 2 rings (SSSR count). The third-order valence-electron chi connectivity index (χ3n) is 3.26. The molecule has 17 heavy (non-hydrogen) atoms. The van der Waals surface area contributed by atoms with Gasteiger partial charge < -0.3 is 11.1 Å². The molecule has 90 valence electrons. The van der Waals surface area contributed by atoms with Gasteiger partial charge in [0, 0.05) is 17.1 Å². The first-order valence-electron chi connectivity index (χ1n) is 5.92. The second kappa shape index (κ2) is 5.39. The summed E-state index contributed by atoms with van der Waals surface area (Å²) >= 11 is 5.86. The molecule has 1 fully saturated rings. The van der Waals surface area contributed by atoms with E-state index < -0.39 is 0 Å². The van der Waals surface area contributed by atoms with Crippen LogP contribution >= 0.6 is 11.6 Å². The predicted molar refractivity (Wildman–Crippen MR) is 70.0 cm³/mol. The number of hydrogen-bond donors (Lipinski definition) is 2. The van der Waals surface area contributed by atoms with Crippen molar-refractivity contribution in [3.05, 3.63) is 28.8 Å². The number of nitrogens with two attached hydrogens (primary N) is 1. The van der Waals surface area contributed by atoms with E-state index in [9.17, 15) is 0 Å². The van der Waals surface area contributed by atoms with Gasteiger partial charge in [-0.15, -0.1) is 0 Å². The van der Waals surface area contributed by atoms with Crippen molar-refractivity contribution in [2.75, 3.05) is 5.32 Å². The molecule has 1 aliphatic rings. The van der Waals surface area contributed by atoms with Gasteiger partial charge in [0.1, 0.15) is 6.07 Å². The minimum absolute atomic E-state index is 0.172. The average Bonchev–Trinajstić information content (AvgIpc) is 2.34. The van der Waals surface area contributed by atoms with E-state index in [2.05, 4.69) is 11.4 Å². The van der Waals surface area contributed by atoms with Gasteiger partial charge in [-0.2, -0.15) is 5.26 Å². The van der Waals surface area contributed by atoms with Crippen molar-refractivity contribution in [3.8, 4) is 6.07 Å². The summed E-state index contributed by atoms with van der Waals surface area (Å²) in [5, 5.41) is 13.0. The molecule has 0 spiro atoms. The molecule has 0 saturated heterocycles. The van der Waals surface area contributed by atoms with Gasteiger partial charge in [-0.1, -0.05) is 24.4 Å². The van der Waals surface area contributed by atoms with Crippen molar-refractivity contribution in [1.29, 1.82) is 5.26 Å². The topological polar surface area (TPSA) is 61.8 Å². The van der Waals surface area contributed by atoms with Crippen LogP contribution < -0.4 is 11.1 Å². The van der Waals surface area contributed by atoms with Crippen LogP contribution in [-0.2, 0) is 0 Å². The van der Waals surface area contributed by atoms with Gasteiger partial charge >= 0.3 is 0 Å². The lowest BCUT2D eigenvalue weighted by atomic mass is 9.90. The first-order chi connectivity index (χ1) is 8.20. The summed E-state index contributed by atoms with van der Waals surface area (Å²) in [4.78, 5) is 0. The zero-order chi connectivity index (χ0) is 12.3. The zero-order valence-corrected chi connectivity index (χ0v) is 10.4. The van der Waals surface area contributed by atoms with Crippen LogP contribution in [0.15, 0.2) is 18.2 Å². The molecule has 1 aliphatic carbocycles. The minimum atomic E-state index is 0.172.